The number of likely N-dealkylation sites (tertiary alicyclic amines) is 1. The molecule has 1 spiro atoms. The zero-order chi connectivity index (χ0) is 19.0. The molecule has 0 bridgehead atoms. The molecule has 2 saturated heterocycles. The number of carbonyl (C=O) groups is 2. The van der Waals surface area contributed by atoms with Gasteiger partial charge in [0, 0.05) is 30.3 Å². The average Bonchev–Trinajstić information content (AvgIpc) is 3.36. The van der Waals surface area contributed by atoms with Gasteiger partial charge in [0.05, 0.1) is 0 Å². The van der Waals surface area contributed by atoms with Crippen molar-refractivity contribution in [1.29, 1.82) is 0 Å². The molecule has 4 rings (SSSR count). The van der Waals surface area contributed by atoms with Gasteiger partial charge < -0.3 is 15.5 Å². The average molecular weight is 406 g/mol. The molecule has 5 nitrogen and oxygen atoms in total. The van der Waals surface area contributed by atoms with Gasteiger partial charge in [0.1, 0.15) is 0 Å². The molecule has 6 heteroatoms. The second-order valence-corrected chi connectivity index (χ2v) is 8.89. The minimum atomic E-state index is 0. The van der Waals surface area contributed by atoms with Crippen LogP contribution in [-0.4, -0.2) is 42.9 Å². The van der Waals surface area contributed by atoms with Gasteiger partial charge in [-0.15, -0.1) is 12.4 Å². The van der Waals surface area contributed by atoms with Gasteiger partial charge in [-0.05, 0) is 87.2 Å². The summed E-state index contributed by atoms with van der Waals surface area (Å²) in [5.41, 5.74) is 2.75. The second kappa shape index (κ2) is 8.42. The zero-order valence-electron chi connectivity index (χ0n) is 16.9. The number of nitrogens with one attached hydrogen (secondary N) is 2. The second-order valence-electron chi connectivity index (χ2n) is 8.89. The van der Waals surface area contributed by atoms with Crippen LogP contribution < -0.4 is 10.6 Å². The van der Waals surface area contributed by atoms with Gasteiger partial charge in [-0.25, -0.2) is 0 Å². The number of rotatable bonds is 3. The van der Waals surface area contributed by atoms with Crippen molar-refractivity contribution in [3.05, 3.63) is 29.3 Å². The molecule has 1 aliphatic carbocycles. The monoisotopic (exact) mass is 405 g/mol. The van der Waals surface area contributed by atoms with E-state index in [4.69, 9.17) is 0 Å². The molecule has 2 unspecified atom stereocenters. The molecule has 1 aromatic carbocycles. The third kappa shape index (κ3) is 4.20. The van der Waals surface area contributed by atoms with Crippen LogP contribution in [0, 0.1) is 24.2 Å². The molecule has 28 heavy (non-hydrogen) atoms. The SMILES string of the molecule is Cc1cc(C(=O)N2CCCC(C)C2)ccc1NC(=O)C1CC12CCNCC2.Cl. The van der Waals surface area contributed by atoms with Crippen molar-refractivity contribution in [3.8, 4) is 0 Å². The molecule has 2 amide bonds. The van der Waals surface area contributed by atoms with Crippen LogP contribution in [-0.2, 0) is 4.79 Å². The number of aryl methyl sites for hydroxylation is 1. The molecular weight excluding hydrogens is 374 g/mol. The Bertz CT molecular complexity index is 745. The Kier molecular flexibility index (Phi) is 6.35. The molecule has 1 aromatic rings. The number of nitrogens with zero attached hydrogens (tertiary/aromatic N) is 1. The normalized spacial score (nSPS) is 25.7. The third-order valence-corrected chi connectivity index (χ3v) is 6.78. The van der Waals surface area contributed by atoms with E-state index in [1.165, 1.54) is 6.42 Å². The van der Waals surface area contributed by atoms with Crippen LogP contribution in [0.15, 0.2) is 18.2 Å². The summed E-state index contributed by atoms with van der Waals surface area (Å²) in [5, 5.41) is 6.49. The number of benzene rings is 1. The van der Waals surface area contributed by atoms with Gasteiger partial charge in [-0.2, -0.15) is 0 Å². The van der Waals surface area contributed by atoms with Crippen LogP contribution in [0.2, 0.25) is 0 Å². The van der Waals surface area contributed by atoms with Crippen LogP contribution in [0.1, 0.15) is 54.9 Å². The van der Waals surface area contributed by atoms with Gasteiger partial charge in [0.25, 0.3) is 5.91 Å². The van der Waals surface area contributed by atoms with Crippen LogP contribution in [0.3, 0.4) is 0 Å². The maximum absolute atomic E-state index is 12.8. The van der Waals surface area contributed by atoms with Crippen LogP contribution in [0.4, 0.5) is 5.69 Å². The van der Waals surface area contributed by atoms with Crippen molar-refractivity contribution < 1.29 is 9.59 Å². The van der Waals surface area contributed by atoms with E-state index in [1.54, 1.807) is 0 Å². The molecule has 3 fully saturated rings. The quantitative estimate of drug-likeness (QED) is 0.807. The van der Waals surface area contributed by atoms with E-state index in [2.05, 4.69) is 17.6 Å². The summed E-state index contributed by atoms with van der Waals surface area (Å²) in [6, 6.07) is 5.67. The molecule has 2 N–H and O–H groups in total. The van der Waals surface area contributed by atoms with Gasteiger partial charge in [-0.1, -0.05) is 6.92 Å². The maximum atomic E-state index is 12.8. The summed E-state index contributed by atoms with van der Waals surface area (Å²) in [6.45, 7) is 7.91. The van der Waals surface area contributed by atoms with E-state index in [-0.39, 0.29) is 35.6 Å². The first-order valence-electron chi connectivity index (χ1n) is 10.4. The lowest BCUT2D eigenvalue weighted by molar-refractivity contribution is -0.118. The van der Waals surface area contributed by atoms with Gasteiger partial charge in [0.15, 0.2) is 0 Å². The molecule has 154 valence electrons. The Balaban J connectivity index is 0.00000225. The molecular formula is C22H32ClN3O2. The summed E-state index contributed by atoms with van der Waals surface area (Å²) in [5.74, 6) is 0.973. The van der Waals surface area contributed by atoms with Crippen molar-refractivity contribution in [3.63, 3.8) is 0 Å². The highest BCUT2D eigenvalue weighted by molar-refractivity contribution is 5.98. The fraction of sp³-hybridized carbons (Fsp3) is 0.636. The van der Waals surface area contributed by atoms with Crippen LogP contribution in [0.25, 0.3) is 0 Å². The number of amides is 2. The van der Waals surface area contributed by atoms with Gasteiger partial charge in [0.2, 0.25) is 5.91 Å². The van der Waals surface area contributed by atoms with Crippen molar-refractivity contribution in [2.24, 2.45) is 17.3 Å². The smallest absolute Gasteiger partial charge is 0.253 e. The highest BCUT2D eigenvalue weighted by Gasteiger charge is 2.57. The van der Waals surface area contributed by atoms with E-state index in [0.717, 1.165) is 68.7 Å². The number of carbonyl (C=O) groups excluding carboxylic acids is 2. The fourth-order valence-corrected chi connectivity index (χ4v) is 4.91. The Morgan fingerprint density at radius 1 is 1.25 bits per heavy atom. The first kappa shape index (κ1) is 21.1. The highest BCUT2D eigenvalue weighted by Crippen LogP contribution is 2.58. The topological polar surface area (TPSA) is 61.4 Å². The number of halogens is 1. The van der Waals surface area contributed by atoms with Gasteiger partial charge in [-0.3, -0.25) is 9.59 Å². The van der Waals surface area contributed by atoms with E-state index in [9.17, 15) is 9.59 Å². The summed E-state index contributed by atoms with van der Waals surface area (Å²) in [7, 11) is 0. The summed E-state index contributed by atoms with van der Waals surface area (Å²) in [4.78, 5) is 27.4. The van der Waals surface area contributed by atoms with E-state index in [0.29, 0.717) is 5.92 Å². The summed E-state index contributed by atoms with van der Waals surface area (Å²) >= 11 is 0. The van der Waals surface area contributed by atoms with Crippen molar-refractivity contribution in [2.75, 3.05) is 31.5 Å². The fourth-order valence-electron chi connectivity index (χ4n) is 4.91. The minimum absolute atomic E-state index is 0. The lowest BCUT2D eigenvalue weighted by Gasteiger charge is -2.31. The lowest BCUT2D eigenvalue weighted by atomic mass is 9.91. The maximum Gasteiger partial charge on any atom is 0.253 e. The van der Waals surface area contributed by atoms with Gasteiger partial charge >= 0.3 is 0 Å². The molecule has 3 aliphatic rings. The number of piperidine rings is 2. The van der Waals surface area contributed by atoms with Crippen molar-refractivity contribution in [1.82, 2.24) is 10.2 Å². The Morgan fingerprint density at radius 2 is 2.00 bits per heavy atom. The van der Waals surface area contributed by atoms with Crippen LogP contribution >= 0.6 is 12.4 Å². The largest absolute Gasteiger partial charge is 0.338 e. The van der Waals surface area contributed by atoms with E-state index in [1.807, 2.05) is 30.0 Å². The standard InChI is InChI=1S/C22H31N3O2.ClH/c1-15-4-3-11-25(14-15)21(27)17-5-6-19(16(2)12-17)24-20(26)18-13-22(18)7-9-23-10-8-22;/h5-6,12,15,18,23H,3-4,7-11,13-14H2,1-2H3,(H,24,26);1H. The first-order chi connectivity index (χ1) is 13.0. The number of anilines is 1. The molecule has 0 aromatic heterocycles. The highest BCUT2D eigenvalue weighted by atomic mass is 35.5. The zero-order valence-corrected chi connectivity index (χ0v) is 17.7. The van der Waals surface area contributed by atoms with E-state index < -0.39 is 0 Å². The lowest BCUT2D eigenvalue weighted by Crippen LogP contribution is -2.39. The Hall–Kier alpha value is -1.59. The first-order valence-corrected chi connectivity index (χ1v) is 10.4. The summed E-state index contributed by atoms with van der Waals surface area (Å²) < 4.78 is 0. The van der Waals surface area contributed by atoms with Crippen molar-refractivity contribution in [2.45, 2.75) is 46.0 Å². The van der Waals surface area contributed by atoms with Crippen LogP contribution in [0.5, 0.6) is 0 Å². The molecule has 2 atom stereocenters. The number of hydrogen-bond acceptors (Lipinski definition) is 3. The molecule has 2 heterocycles. The van der Waals surface area contributed by atoms with Crippen molar-refractivity contribution >= 4 is 29.9 Å². The predicted octanol–water partition coefficient (Wildman–Crippen LogP) is 3.62. The number of hydrogen-bond donors (Lipinski definition) is 2. The Labute approximate surface area is 174 Å². The molecule has 1 saturated carbocycles. The summed E-state index contributed by atoms with van der Waals surface area (Å²) in [6.07, 6.45) is 5.51. The molecule has 0 radical (unpaired) electrons. The molecule has 2 aliphatic heterocycles. The van der Waals surface area contributed by atoms with E-state index >= 15 is 0 Å². The minimum Gasteiger partial charge on any atom is -0.338 e. The predicted molar refractivity (Wildman–Crippen MR) is 114 cm³/mol. The Morgan fingerprint density at radius 3 is 2.68 bits per heavy atom. The third-order valence-electron chi connectivity index (χ3n) is 6.78.